The molecule has 1 atom stereocenters. The van der Waals surface area contributed by atoms with Crippen LogP contribution >= 0.6 is 0 Å². The van der Waals surface area contributed by atoms with Gasteiger partial charge in [0.1, 0.15) is 6.10 Å². The lowest BCUT2D eigenvalue weighted by Gasteiger charge is -2.25. The summed E-state index contributed by atoms with van der Waals surface area (Å²) in [4.78, 5) is 0. The minimum atomic E-state index is -0.224. The summed E-state index contributed by atoms with van der Waals surface area (Å²) in [5.74, 6) is 0. The molecule has 0 saturated carbocycles. The lowest BCUT2D eigenvalue weighted by Crippen LogP contribution is -2.23. The Labute approximate surface area is 97.6 Å². The molecule has 2 rings (SSSR count). The molecule has 1 aromatic rings. The van der Waals surface area contributed by atoms with E-state index in [-0.39, 0.29) is 5.60 Å². The minimum Gasteiger partial charge on any atom is -0.371 e. The minimum absolute atomic E-state index is 0.224. The van der Waals surface area contributed by atoms with Crippen molar-refractivity contribution in [3.8, 4) is 0 Å². The van der Waals surface area contributed by atoms with Crippen molar-refractivity contribution in [1.29, 1.82) is 0 Å². The van der Waals surface area contributed by atoms with Crippen LogP contribution in [-0.4, -0.2) is 19.3 Å². The highest BCUT2D eigenvalue weighted by Gasteiger charge is 2.28. The van der Waals surface area contributed by atoms with Crippen LogP contribution in [-0.2, 0) is 21.5 Å². The zero-order valence-corrected chi connectivity index (χ0v) is 10.3. The second-order valence-electron chi connectivity index (χ2n) is 4.83. The monoisotopic (exact) mass is 220 g/mol. The van der Waals surface area contributed by atoms with Gasteiger partial charge in [0.2, 0.25) is 0 Å². The van der Waals surface area contributed by atoms with Crippen LogP contribution in [0.2, 0.25) is 0 Å². The molecule has 1 aliphatic heterocycles. The Hall–Kier alpha value is -0.860. The van der Waals surface area contributed by atoms with Crippen LogP contribution in [0.15, 0.2) is 24.3 Å². The topological polar surface area (TPSA) is 21.8 Å². The van der Waals surface area contributed by atoms with Crippen LogP contribution < -0.4 is 0 Å². The van der Waals surface area contributed by atoms with Gasteiger partial charge in [-0.2, -0.15) is 0 Å². The van der Waals surface area contributed by atoms with E-state index in [1.54, 1.807) is 0 Å². The number of ether oxygens (including phenoxy) is 2. The zero-order chi connectivity index (χ0) is 11.6. The fourth-order valence-corrected chi connectivity index (χ4v) is 1.69. The lowest BCUT2D eigenvalue weighted by atomic mass is 9.96. The molecule has 2 heteroatoms. The second-order valence-corrected chi connectivity index (χ2v) is 4.83. The van der Waals surface area contributed by atoms with E-state index in [9.17, 15) is 0 Å². The number of rotatable bonds is 5. The van der Waals surface area contributed by atoms with Crippen LogP contribution in [0, 0.1) is 0 Å². The predicted octanol–water partition coefficient (Wildman–Crippen LogP) is 2.90. The normalized spacial score (nSPS) is 19.8. The maximum absolute atomic E-state index is 5.89. The van der Waals surface area contributed by atoms with Crippen molar-refractivity contribution in [3.05, 3.63) is 35.4 Å². The fraction of sp³-hybridized carbons (Fsp3) is 0.571. The standard InChI is InChI=1S/C14H20O2/c1-4-11-5-7-12(8-6-11)14(2,3)16-10-13-9-15-13/h5-8,13H,4,9-10H2,1-3H3. The Bertz CT molecular complexity index is 336. The number of hydrogen-bond donors (Lipinski definition) is 0. The third-order valence-corrected chi connectivity index (χ3v) is 3.09. The number of epoxide rings is 1. The Morgan fingerprint density at radius 2 is 1.94 bits per heavy atom. The molecule has 1 saturated heterocycles. The van der Waals surface area contributed by atoms with Crippen molar-refractivity contribution in [2.75, 3.05) is 13.2 Å². The first kappa shape index (κ1) is 11.6. The van der Waals surface area contributed by atoms with Gasteiger partial charge in [-0.15, -0.1) is 0 Å². The Kier molecular flexibility index (Phi) is 3.31. The van der Waals surface area contributed by atoms with Crippen LogP contribution in [0.4, 0.5) is 0 Å². The highest BCUT2D eigenvalue weighted by molar-refractivity contribution is 5.26. The number of benzene rings is 1. The third kappa shape index (κ3) is 2.83. The zero-order valence-electron chi connectivity index (χ0n) is 10.3. The molecule has 1 aliphatic rings. The smallest absolute Gasteiger partial charge is 0.104 e. The summed E-state index contributed by atoms with van der Waals surface area (Å²) >= 11 is 0. The van der Waals surface area contributed by atoms with E-state index < -0.39 is 0 Å². The molecule has 88 valence electrons. The first-order valence-corrected chi connectivity index (χ1v) is 5.97. The summed E-state index contributed by atoms with van der Waals surface area (Å²) in [6, 6.07) is 8.67. The van der Waals surface area contributed by atoms with Crippen LogP contribution in [0.5, 0.6) is 0 Å². The predicted molar refractivity (Wildman–Crippen MR) is 64.5 cm³/mol. The summed E-state index contributed by atoms with van der Waals surface area (Å²) < 4.78 is 11.0. The number of aryl methyl sites for hydroxylation is 1. The molecule has 2 nitrogen and oxygen atoms in total. The molecular formula is C14H20O2. The first-order valence-electron chi connectivity index (χ1n) is 5.97. The van der Waals surface area contributed by atoms with Crippen LogP contribution in [0.1, 0.15) is 31.9 Å². The van der Waals surface area contributed by atoms with Crippen molar-refractivity contribution in [1.82, 2.24) is 0 Å². The van der Waals surface area contributed by atoms with E-state index in [4.69, 9.17) is 9.47 Å². The van der Waals surface area contributed by atoms with Gasteiger partial charge in [0.25, 0.3) is 0 Å². The van der Waals surface area contributed by atoms with Gasteiger partial charge in [0.15, 0.2) is 0 Å². The highest BCUT2D eigenvalue weighted by Crippen LogP contribution is 2.26. The van der Waals surface area contributed by atoms with Gasteiger partial charge >= 0.3 is 0 Å². The molecule has 1 heterocycles. The Morgan fingerprint density at radius 3 is 2.44 bits per heavy atom. The van der Waals surface area contributed by atoms with Crippen molar-refractivity contribution in [2.24, 2.45) is 0 Å². The summed E-state index contributed by atoms with van der Waals surface area (Å²) in [5.41, 5.74) is 2.37. The molecule has 0 N–H and O–H groups in total. The maximum atomic E-state index is 5.89. The van der Waals surface area contributed by atoms with E-state index in [0.717, 1.165) is 13.0 Å². The maximum Gasteiger partial charge on any atom is 0.104 e. The fourth-order valence-electron chi connectivity index (χ4n) is 1.69. The number of hydrogen-bond acceptors (Lipinski definition) is 2. The quantitative estimate of drug-likeness (QED) is 0.712. The first-order chi connectivity index (χ1) is 7.62. The molecule has 0 aliphatic carbocycles. The van der Waals surface area contributed by atoms with Gasteiger partial charge in [0.05, 0.1) is 18.8 Å². The van der Waals surface area contributed by atoms with E-state index in [2.05, 4.69) is 45.0 Å². The molecule has 1 aromatic carbocycles. The van der Waals surface area contributed by atoms with Gasteiger partial charge in [-0.3, -0.25) is 0 Å². The van der Waals surface area contributed by atoms with Gasteiger partial charge in [-0.05, 0) is 31.4 Å². The van der Waals surface area contributed by atoms with E-state index in [1.165, 1.54) is 11.1 Å². The Morgan fingerprint density at radius 1 is 1.31 bits per heavy atom. The van der Waals surface area contributed by atoms with Crippen LogP contribution in [0.25, 0.3) is 0 Å². The summed E-state index contributed by atoms with van der Waals surface area (Å²) in [5, 5.41) is 0. The average Bonchev–Trinajstić information content (AvgIpc) is 3.10. The Balaban J connectivity index is 2.01. The molecule has 1 fully saturated rings. The molecule has 0 radical (unpaired) electrons. The summed E-state index contributed by atoms with van der Waals surface area (Å²) in [6.07, 6.45) is 1.41. The average molecular weight is 220 g/mol. The molecule has 16 heavy (non-hydrogen) atoms. The molecule has 0 bridgehead atoms. The van der Waals surface area contributed by atoms with Gasteiger partial charge in [-0.25, -0.2) is 0 Å². The molecule has 0 aromatic heterocycles. The van der Waals surface area contributed by atoms with Crippen LogP contribution in [0.3, 0.4) is 0 Å². The lowest BCUT2D eigenvalue weighted by molar-refractivity contribution is -0.0285. The molecule has 0 amide bonds. The second kappa shape index (κ2) is 4.56. The van der Waals surface area contributed by atoms with Gasteiger partial charge in [0, 0.05) is 0 Å². The molecule has 0 spiro atoms. The van der Waals surface area contributed by atoms with E-state index >= 15 is 0 Å². The third-order valence-electron chi connectivity index (χ3n) is 3.09. The SMILES string of the molecule is CCc1ccc(C(C)(C)OCC2CO2)cc1. The van der Waals surface area contributed by atoms with Gasteiger partial charge in [-0.1, -0.05) is 31.2 Å². The molecule has 1 unspecified atom stereocenters. The van der Waals surface area contributed by atoms with Crippen molar-refractivity contribution < 1.29 is 9.47 Å². The highest BCUT2D eigenvalue weighted by atomic mass is 16.6. The summed E-state index contributed by atoms with van der Waals surface area (Å²) in [7, 11) is 0. The van der Waals surface area contributed by atoms with E-state index in [1.807, 2.05) is 0 Å². The largest absolute Gasteiger partial charge is 0.371 e. The van der Waals surface area contributed by atoms with Crippen molar-refractivity contribution >= 4 is 0 Å². The van der Waals surface area contributed by atoms with E-state index in [0.29, 0.717) is 12.7 Å². The summed E-state index contributed by atoms with van der Waals surface area (Å²) in [6.45, 7) is 7.93. The molecular weight excluding hydrogens is 200 g/mol. The van der Waals surface area contributed by atoms with Crippen molar-refractivity contribution in [2.45, 2.75) is 38.9 Å². The van der Waals surface area contributed by atoms with Crippen molar-refractivity contribution in [3.63, 3.8) is 0 Å². The van der Waals surface area contributed by atoms with Gasteiger partial charge < -0.3 is 9.47 Å².